The van der Waals surface area contributed by atoms with E-state index in [1.54, 1.807) is 12.3 Å². The van der Waals surface area contributed by atoms with Crippen LogP contribution in [0.1, 0.15) is 30.3 Å². The van der Waals surface area contributed by atoms with Crippen LogP contribution < -0.4 is 4.74 Å². The van der Waals surface area contributed by atoms with Crippen LogP contribution in [0.4, 0.5) is 8.78 Å². The van der Waals surface area contributed by atoms with E-state index in [1.807, 2.05) is 53.4 Å². The van der Waals surface area contributed by atoms with E-state index in [0.29, 0.717) is 35.5 Å². The maximum atomic E-state index is 14.7. The van der Waals surface area contributed by atoms with Gasteiger partial charge in [0.05, 0.1) is 5.52 Å². The Kier molecular flexibility index (Phi) is 5.30. The lowest BCUT2D eigenvalue weighted by atomic mass is 10.1. The van der Waals surface area contributed by atoms with Crippen molar-refractivity contribution in [3.05, 3.63) is 71.9 Å². The number of piperidine rings is 1. The van der Waals surface area contributed by atoms with Crippen molar-refractivity contribution in [1.82, 2.24) is 9.88 Å². The molecule has 27 heavy (non-hydrogen) atoms. The monoisotopic (exact) mass is 368 g/mol. The molecule has 4 rings (SSSR count). The molecule has 1 unspecified atom stereocenters. The van der Waals surface area contributed by atoms with Gasteiger partial charge in [-0.3, -0.25) is 9.88 Å². The number of rotatable bonds is 5. The number of hydrogen-bond donors (Lipinski definition) is 0. The minimum Gasteiger partial charge on any atom is -0.490 e. The molecule has 2 aromatic carbocycles. The zero-order valence-corrected chi connectivity index (χ0v) is 15.0. The molecule has 0 bridgehead atoms. The van der Waals surface area contributed by atoms with Gasteiger partial charge in [0.25, 0.3) is 0 Å². The van der Waals surface area contributed by atoms with Gasteiger partial charge in [0.15, 0.2) is 6.30 Å². The van der Waals surface area contributed by atoms with E-state index >= 15 is 0 Å². The third kappa shape index (κ3) is 3.78. The molecule has 0 amide bonds. The Bertz CT molecular complexity index is 895. The summed E-state index contributed by atoms with van der Waals surface area (Å²) in [7, 11) is 0. The van der Waals surface area contributed by atoms with E-state index in [1.165, 1.54) is 0 Å². The number of halogens is 2. The fraction of sp³-hybridized carbons (Fsp3) is 0.318. The Morgan fingerprint density at radius 3 is 2.56 bits per heavy atom. The molecule has 0 radical (unpaired) electrons. The largest absolute Gasteiger partial charge is 0.490 e. The van der Waals surface area contributed by atoms with Crippen molar-refractivity contribution in [1.29, 1.82) is 0 Å². The summed E-state index contributed by atoms with van der Waals surface area (Å²) in [5.41, 5.74) is 1.90. The molecule has 3 aromatic rings. The molecule has 0 spiro atoms. The summed E-state index contributed by atoms with van der Waals surface area (Å²) in [4.78, 5) is 6.15. The van der Waals surface area contributed by atoms with E-state index < -0.39 is 13.0 Å². The summed E-state index contributed by atoms with van der Waals surface area (Å²) in [6.07, 6.45) is 2.09. The maximum Gasteiger partial charge on any atom is 0.179 e. The van der Waals surface area contributed by atoms with Crippen LogP contribution in [0.15, 0.2) is 60.8 Å². The summed E-state index contributed by atoms with van der Waals surface area (Å²) < 4.78 is 34.1. The molecule has 140 valence electrons. The molecule has 1 fully saturated rings. The maximum absolute atomic E-state index is 14.7. The fourth-order valence-electron chi connectivity index (χ4n) is 3.65. The average Bonchev–Trinajstić information content (AvgIpc) is 2.74. The molecule has 1 atom stereocenters. The van der Waals surface area contributed by atoms with E-state index in [0.717, 1.165) is 18.2 Å². The number of pyridine rings is 1. The Balaban J connectivity index is 1.43. The first kappa shape index (κ1) is 17.9. The second-order valence-electron chi connectivity index (χ2n) is 6.86. The molecule has 0 aliphatic carbocycles. The van der Waals surface area contributed by atoms with Gasteiger partial charge in [-0.15, -0.1) is 0 Å². The molecule has 3 nitrogen and oxygen atoms in total. The normalized spacial score (nSPS) is 17.1. The van der Waals surface area contributed by atoms with Gasteiger partial charge in [0.1, 0.15) is 18.5 Å². The minimum absolute atomic E-state index is 0.0175. The number of likely N-dealkylation sites (tertiary alicyclic amines) is 1. The summed E-state index contributed by atoms with van der Waals surface area (Å²) in [5, 5.41) is 0.822. The Morgan fingerprint density at radius 2 is 1.81 bits per heavy atom. The SMILES string of the molecule is FCc1cccc2c(OC3CCN(C(F)c4ccccc4)CC3)ccnc12. The predicted octanol–water partition coefficient (Wildman–Crippen LogP) is 5.22. The first-order valence-electron chi connectivity index (χ1n) is 9.28. The molecule has 1 aliphatic heterocycles. The highest BCUT2D eigenvalue weighted by Crippen LogP contribution is 2.31. The second kappa shape index (κ2) is 8.01. The van der Waals surface area contributed by atoms with E-state index in [2.05, 4.69) is 4.98 Å². The summed E-state index contributed by atoms with van der Waals surface area (Å²) in [5.74, 6) is 0.716. The molecule has 0 N–H and O–H groups in total. The van der Waals surface area contributed by atoms with E-state index in [4.69, 9.17) is 4.74 Å². The van der Waals surface area contributed by atoms with Crippen LogP contribution in [-0.2, 0) is 6.67 Å². The van der Waals surface area contributed by atoms with Crippen LogP contribution in [0.2, 0.25) is 0 Å². The van der Waals surface area contributed by atoms with Crippen molar-refractivity contribution >= 4 is 10.9 Å². The number of aromatic nitrogens is 1. The quantitative estimate of drug-likeness (QED) is 0.578. The van der Waals surface area contributed by atoms with Gasteiger partial charge in [-0.05, 0) is 25.0 Å². The van der Waals surface area contributed by atoms with Crippen molar-refractivity contribution in [3.8, 4) is 5.75 Å². The first-order chi connectivity index (χ1) is 13.3. The number of alkyl halides is 2. The molecule has 1 aliphatic rings. The zero-order valence-electron chi connectivity index (χ0n) is 15.0. The number of hydrogen-bond acceptors (Lipinski definition) is 3. The van der Waals surface area contributed by atoms with Gasteiger partial charge in [0.2, 0.25) is 0 Å². The number of benzene rings is 2. The first-order valence-corrected chi connectivity index (χ1v) is 9.28. The molecule has 2 heterocycles. The molecular formula is C22H22F2N2O. The Labute approximate surface area is 157 Å². The zero-order chi connectivity index (χ0) is 18.6. The summed E-state index contributed by atoms with van der Waals surface area (Å²) in [6.45, 7) is 0.725. The molecule has 0 saturated carbocycles. The Morgan fingerprint density at radius 1 is 1.04 bits per heavy atom. The highest BCUT2D eigenvalue weighted by atomic mass is 19.1. The third-order valence-corrected chi connectivity index (χ3v) is 5.12. The van der Waals surface area contributed by atoms with Crippen molar-refractivity contribution in [2.24, 2.45) is 0 Å². The average molecular weight is 368 g/mol. The lowest BCUT2D eigenvalue weighted by Crippen LogP contribution is -2.39. The number of ether oxygens (including phenoxy) is 1. The van der Waals surface area contributed by atoms with Crippen LogP contribution in [0.25, 0.3) is 10.9 Å². The van der Waals surface area contributed by atoms with Crippen molar-refractivity contribution in [3.63, 3.8) is 0 Å². The smallest absolute Gasteiger partial charge is 0.179 e. The number of para-hydroxylation sites is 1. The van der Waals surface area contributed by atoms with Gasteiger partial charge in [0, 0.05) is 35.8 Å². The van der Waals surface area contributed by atoms with Gasteiger partial charge in [-0.25, -0.2) is 8.78 Å². The molecule has 1 aromatic heterocycles. The third-order valence-electron chi connectivity index (χ3n) is 5.12. The van der Waals surface area contributed by atoms with Gasteiger partial charge < -0.3 is 4.74 Å². The fourth-order valence-corrected chi connectivity index (χ4v) is 3.65. The Hall–Kier alpha value is -2.53. The summed E-state index contributed by atoms with van der Waals surface area (Å²) >= 11 is 0. The van der Waals surface area contributed by atoms with Crippen LogP contribution in [0.5, 0.6) is 5.75 Å². The van der Waals surface area contributed by atoms with Crippen molar-refractivity contribution in [2.45, 2.75) is 31.9 Å². The molecule has 1 saturated heterocycles. The van der Waals surface area contributed by atoms with E-state index in [9.17, 15) is 8.78 Å². The predicted molar refractivity (Wildman–Crippen MR) is 102 cm³/mol. The van der Waals surface area contributed by atoms with Crippen LogP contribution in [0, 0.1) is 0 Å². The van der Waals surface area contributed by atoms with E-state index in [-0.39, 0.29) is 6.10 Å². The van der Waals surface area contributed by atoms with Gasteiger partial charge in [-0.2, -0.15) is 0 Å². The van der Waals surface area contributed by atoms with Crippen LogP contribution in [0.3, 0.4) is 0 Å². The highest BCUT2D eigenvalue weighted by Gasteiger charge is 2.27. The summed E-state index contributed by atoms with van der Waals surface area (Å²) in [6, 6.07) is 16.5. The standard InChI is InChI=1S/C22H22F2N2O/c23-15-17-7-4-8-19-20(9-12-25-21(17)19)27-18-10-13-26(14-11-18)22(24)16-5-2-1-3-6-16/h1-9,12,18,22H,10-11,13-15H2. The van der Waals surface area contributed by atoms with Gasteiger partial charge in [-0.1, -0.05) is 42.5 Å². The van der Waals surface area contributed by atoms with Crippen LogP contribution in [-0.4, -0.2) is 29.1 Å². The molecular weight excluding hydrogens is 346 g/mol. The van der Waals surface area contributed by atoms with Crippen LogP contribution >= 0.6 is 0 Å². The lowest BCUT2D eigenvalue weighted by molar-refractivity contribution is 0.0234. The second-order valence-corrected chi connectivity index (χ2v) is 6.86. The lowest BCUT2D eigenvalue weighted by Gasteiger charge is -2.34. The number of nitrogens with zero attached hydrogens (tertiary/aromatic N) is 2. The topological polar surface area (TPSA) is 25.4 Å². The highest BCUT2D eigenvalue weighted by molar-refractivity contribution is 5.87. The van der Waals surface area contributed by atoms with Crippen molar-refractivity contribution < 1.29 is 13.5 Å². The van der Waals surface area contributed by atoms with Gasteiger partial charge >= 0.3 is 0 Å². The number of fused-ring (bicyclic) bond motifs is 1. The molecule has 5 heteroatoms. The van der Waals surface area contributed by atoms with Crippen molar-refractivity contribution in [2.75, 3.05) is 13.1 Å². The minimum atomic E-state index is -1.08.